The molecule has 2 aromatic rings. The Kier molecular flexibility index (Phi) is 6.08. The zero-order chi connectivity index (χ0) is 21.2. The average molecular weight is 423 g/mol. The first-order valence-electron chi connectivity index (χ1n) is 9.22. The predicted octanol–water partition coefficient (Wildman–Crippen LogP) is 0.368. The van der Waals surface area contributed by atoms with E-state index in [2.05, 4.69) is 10.4 Å². The van der Waals surface area contributed by atoms with E-state index in [1.54, 1.807) is 31.3 Å². The van der Waals surface area contributed by atoms with Gasteiger partial charge in [-0.2, -0.15) is 5.10 Å². The first-order chi connectivity index (χ1) is 13.7. The summed E-state index contributed by atoms with van der Waals surface area (Å²) in [6, 6.07) is 6.99. The molecule has 0 saturated carbocycles. The van der Waals surface area contributed by atoms with Gasteiger partial charge in [0.05, 0.1) is 19.1 Å². The van der Waals surface area contributed by atoms with Gasteiger partial charge in [0.15, 0.2) is 0 Å². The average Bonchev–Trinajstić information content (AvgIpc) is 2.96. The Balaban J connectivity index is 1.71. The Hall–Kier alpha value is -2.66. The summed E-state index contributed by atoms with van der Waals surface area (Å²) in [6.07, 6.45) is 2.34. The number of sulfonamides is 1. The number of rotatable bonds is 6. The molecule has 10 nitrogen and oxygen atoms in total. The van der Waals surface area contributed by atoms with E-state index in [0.717, 1.165) is 4.68 Å². The second-order valence-electron chi connectivity index (χ2n) is 7.04. The van der Waals surface area contributed by atoms with Crippen LogP contribution in [-0.4, -0.2) is 59.4 Å². The number of nitrogens with zero attached hydrogens (tertiary/aromatic N) is 4. The third kappa shape index (κ3) is 4.67. The van der Waals surface area contributed by atoms with Crippen LogP contribution in [0.15, 0.2) is 29.1 Å². The number of aromatic nitrogens is 3. The van der Waals surface area contributed by atoms with Crippen LogP contribution in [-0.2, 0) is 28.4 Å². The van der Waals surface area contributed by atoms with Crippen LogP contribution in [0.25, 0.3) is 0 Å². The summed E-state index contributed by atoms with van der Waals surface area (Å²) < 4.78 is 32.5. The number of nitrogens with one attached hydrogen (secondary N) is 1. The molecular formula is C18H25N5O5S. The van der Waals surface area contributed by atoms with Crippen molar-refractivity contribution in [2.24, 2.45) is 7.05 Å². The minimum absolute atomic E-state index is 0.0378. The minimum atomic E-state index is -3.22. The largest absolute Gasteiger partial charge is 0.495 e. The van der Waals surface area contributed by atoms with Gasteiger partial charge in [0.2, 0.25) is 15.9 Å². The lowest BCUT2D eigenvalue weighted by Gasteiger charge is -2.29. The van der Waals surface area contributed by atoms with Crippen molar-refractivity contribution in [2.75, 3.05) is 31.8 Å². The number of hydrogen-bond donors (Lipinski definition) is 1. The molecule has 2 heterocycles. The maximum absolute atomic E-state index is 12.5. The molecule has 1 aliphatic rings. The molecule has 11 heteroatoms. The van der Waals surface area contributed by atoms with Crippen molar-refractivity contribution in [2.45, 2.75) is 25.3 Å². The van der Waals surface area contributed by atoms with E-state index in [9.17, 15) is 18.0 Å². The van der Waals surface area contributed by atoms with Gasteiger partial charge in [-0.1, -0.05) is 12.1 Å². The molecule has 0 unspecified atom stereocenters. The zero-order valence-electron chi connectivity index (χ0n) is 16.7. The van der Waals surface area contributed by atoms with Crippen molar-refractivity contribution in [3.8, 4) is 5.75 Å². The van der Waals surface area contributed by atoms with Crippen LogP contribution in [0.3, 0.4) is 0 Å². The summed E-state index contributed by atoms with van der Waals surface area (Å²) in [5, 5.41) is 7.07. The number of benzene rings is 1. The molecule has 1 aromatic heterocycles. The van der Waals surface area contributed by atoms with E-state index in [0.29, 0.717) is 43.2 Å². The lowest BCUT2D eigenvalue weighted by Crippen LogP contribution is -2.37. The molecule has 158 valence electrons. The van der Waals surface area contributed by atoms with Crippen molar-refractivity contribution in [3.63, 3.8) is 0 Å². The molecular weight excluding hydrogens is 398 g/mol. The molecule has 29 heavy (non-hydrogen) atoms. The van der Waals surface area contributed by atoms with Gasteiger partial charge in [0.25, 0.3) is 0 Å². The summed E-state index contributed by atoms with van der Waals surface area (Å²) in [6.45, 7) is 0.546. The van der Waals surface area contributed by atoms with Crippen molar-refractivity contribution < 1.29 is 17.9 Å². The van der Waals surface area contributed by atoms with Gasteiger partial charge < -0.3 is 10.1 Å². The highest BCUT2D eigenvalue weighted by Gasteiger charge is 2.29. The van der Waals surface area contributed by atoms with Crippen LogP contribution in [0.1, 0.15) is 24.6 Å². The van der Waals surface area contributed by atoms with Crippen LogP contribution < -0.4 is 15.7 Å². The molecule has 3 rings (SSSR count). The Bertz CT molecular complexity index is 1050. The Morgan fingerprint density at radius 1 is 1.28 bits per heavy atom. The number of ether oxygens (including phenoxy) is 1. The summed E-state index contributed by atoms with van der Waals surface area (Å²) in [7, 11) is -0.0972. The lowest BCUT2D eigenvalue weighted by atomic mass is 9.97. The quantitative estimate of drug-likeness (QED) is 0.718. The lowest BCUT2D eigenvalue weighted by molar-refractivity contribution is -0.117. The fourth-order valence-electron chi connectivity index (χ4n) is 3.48. The molecule has 1 N–H and O–H groups in total. The molecule has 1 aliphatic heterocycles. The second-order valence-corrected chi connectivity index (χ2v) is 9.02. The molecule has 0 spiro atoms. The molecule has 1 amide bonds. The summed E-state index contributed by atoms with van der Waals surface area (Å²) in [5.74, 6) is 0.651. The van der Waals surface area contributed by atoms with Gasteiger partial charge in [-0.15, -0.1) is 0 Å². The normalized spacial score (nSPS) is 16.0. The molecule has 0 bridgehead atoms. The number of hydrogen-bond acceptors (Lipinski definition) is 6. The van der Waals surface area contributed by atoms with Gasteiger partial charge in [-0.05, 0) is 25.0 Å². The van der Waals surface area contributed by atoms with Crippen molar-refractivity contribution in [1.29, 1.82) is 0 Å². The van der Waals surface area contributed by atoms with E-state index < -0.39 is 15.9 Å². The van der Waals surface area contributed by atoms with Gasteiger partial charge in [-0.3, -0.25) is 9.36 Å². The Morgan fingerprint density at radius 3 is 2.55 bits per heavy atom. The molecule has 0 aliphatic carbocycles. The van der Waals surface area contributed by atoms with Gasteiger partial charge >= 0.3 is 5.69 Å². The number of para-hydroxylation sites is 2. The van der Waals surface area contributed by atoms with Crippen molar-refractivity contribution in [1.82, 2.24) is 18.7 Å². The number of methoxy groups -OCH3 is 1. The van der Waals surface area contributed by atoms with Crippen LogP contribution in [0.5, 0.6) is 5.75 Å². The van der Waals surface area contributed by atoms with Crippen molar-refractivity contribution in [3.05, 3.63) is 40.6 Å². The predicted molar refractivity (Wildman–Crippen MR) is 107 cm³/mol. The Labute approximate surface area is 169 Å². The molecule has 0 radical (unpaired) electrons. The highest BCUT2D eigenvalue weighted by molar-refractivity contribution is 7.88. The smallest absolute Gasteiger partial charge is 0.346 e. The van der Waals surface area contributed by atoms with E-state index in [1.165, 1.54) is 22.2 Å². The van der Waals surface area contributed by atoms with Gasteiger partial charge in [-0.25, -0.2) is 22.2 Å². The maximum atomic E-state index is 12.5. The van der Waals surface area contributed by atoms with Crippen LogP contribution in [0, 0.1) is 0 Å². The van der Waals surface area contributed by atoms with Crippen LogP contribution >= 0.6 is 0 Å². The number of carbonyl (C=O) groups is 1. The third-order valence-electron chi connectivity index (χ3n) is 5.04. The van der Waals surface area contributed by atoms with Gasteiger partial charge in [0.1, 0.15) is 18.1 Å². The highest BCUT2D eigenvalue weighted by atomic mass is 32.2. The first kappa shape index (κ1) is 21.1. The number of carbonyl (C=O) groups excluding carboxylic acids is 1. The summed E-state index contributed by atoms with van der Waals surface area (Å²) in [4.78, 5) is 24.9. The van der Waals surface area contributed by atoms with Crippen LogP contribution in [0.2, 0.25) is 0 Å². The maximum Gasteiger partial charge on any atom is 0.346 e. The third-order valence-corrected chi connectivity index (χ3v) is 6.34. The van der Waals surface area contributed by atoms with E-state index >= 15 is 0 Å². The molecule has 1 saturated heterocycles. The monoisotopic (exact) mass is 423 g/mol. The van der Waals surface area contributed by atoms with E-state index in [4.69, 9.17) is 4.74 Å². The molecule has 1 aromatic carbocycles. The topological polar surface area (TPSA) is 116 Å². The van der Waals surface area contributed by atoms with E-state index in [1.807, 2.05) is 0 Å². The van der Waals surface area contributed by atoms with Crippen molar-refractivity contribution >= 4 is 21.6 Å². The summed E-state index contributed by atoms with van der Waals surface area (Å²) in [5.41, 5.74) is 0.123. The summed E-state index contributed by atoms with van der Waals surface area (Å²) >= 11 is 0. The van der Waals surface area contributed by atoms with E-state index in [-0.39, 0.29) is 18.2 Å². The zero-order valence-corrected chi connectivity index (χ0v) is 17.5. The molecule has 0 atom stereocenters. The SMILES string of the molecule is COc1ccccc1NC(=O)Cn1nc(C2CCN(S(C)(=O)=O)CC2)n(C)c1=O. The molecule has 1 fully saturated rings. The fraction of sp³-hybridized carbons (Fsp3) is 0.500. The Morgan fingerprint density at radius 2 is 1.93 bits per heavy atom. The van der Waals surface area contributed by atoms with Crippen LogP contribution in [0.4, 0.5) is 5.69 Å². The van der Waals surface area contributed by atoms with Gasteiger partial charge in [0, 0.05) is 26.1 Å². The number of amides is 1. The fourth-order valence-corrected chi connectivity index (χ4v) is 4.36. The number of piperidine rings is 1. The number of anilines is 1. The first-order valence-corrected chi connectivity index (χ1v) is 11.1. The minimum Gasteiger partial charge on any atom is -0.495 e. The highest BCUT2D eigenvalue weighted by Crippen LogP contribution is 2.27. The second kappa shape index (κ2) is 8.37. The standard InChI is InChI=1S/C18H25N5O5S/c1-21-17(13-8-10-22(11-9-13)29(3,26)27)20-23(18(21)25)12-16(24)19-14-6-4-5-7-15(14)28-2/h4-7,13H,8-12H2,1-3H3,(H,19,24).